The van der Waals surface area contributed by atoms with Gasteiger partial charge in [-0.3, -0.25) is 0 Å². The van der Waals surface area contributed by atoms with E-state index >= 15 is 0 Å². The third kappa shape index (κ3) is 5.64. The van der Waals surface area contributed by atoms with E-state index in [9.17, 15) is 9.90 Å². The number of hydrogen-bond acceptors (Lipinski definition) is 3. The van der Waals surface area contributed by atoms with Gasteiger partial charge in [0.2, 0.25) is 0 Å². The Balaban J connectivity index is 1.66. The Bertz CT molecular complexity index is 626. The van der Waals surface area contributed by atoms with E-state index in [-0.39, 0.29) is 12.6 Å². The number of ether oxygens (including phenoxy) is 1. The summed E-state index contributed by atoms with van der Waals surface area (Å²) in [5.41, 5.74) is 2.90. The molecule has 2 amide bonds. The Kier molecular flexibility index (Phi) is 6.44. The lowest BCUT2D eigenvalue weighted by Gasteiger charge is -2.11. The first-order valence-electron chi connectivity index (χ1n) is 7.58. The van der Waals surface area contributed by atoms with E-state index in [1.54, 1.807) is 0 Å². The summed E-state index contributed by atoms with van der Waals surface area (Å²) in [4.78, 5) is 11.7. The summed E-state index contributed by atoms with van der Waals surface area (Å²) in [6, 6.07) is 15.0. The van der Waals surface area contributed by atoms with Gasteiger partial charge < -0.3 is 20.5 Å². The zero-order chi connectivity index (χ0) is 16.5. The lowest BCUT2D eigenvalue weighted by atomic mass is 10.1. The highest BCUT2D eigenvalue weighted by molar-refractivity contribution is 5.73. The molecule has 0 aliphatic rings. The average molecular weight is 314 g/mol. The number of carbonyl (C=O) groups excluding carboxylic acids is 1. The molecule has 0 radical (unpaired) electrons. The van der Waals surface area contributed by atoms with E-state index in [4.69, 9.17) is 4.74 Å². The van der Waals surface area contributed by atoms with Crippen LogP contribution in [0.15, 0.2) is 48.5 Å². The maximum atomic E-state index is 11.7. The molecule has 0 spiro atoms. The monoisotopic (exact) mass is 314 g/mol. The maximum absolute atomic E-state index is 11.7. The molecule has 0 heterocycles. The Morgan fingerprint density at radius 1 is 1.04 bits per heavy atom. The van der Waals surface area contributed by atoms with Crippen molar-refractivity contribution in [3.8, 4) is 5.75 Å². The molecular weight excluding hydrogens is 292 g/mol. The minimum absolute atomic E-state index is 0.0378. The molecule has 0 aromatic heterocycles. The molecule has 2 rings (SSSR count). The summed E-state index contributed by atoms with van der Waals surface area (Å²) in [5.74, 6) is 0.787. The minimum atomic E-state index is -0.259. The predicted octanol–water partition coefficient (Wildman–Crippen LogP) is 2.37. The topological polar surface area (TPSA) is 70.6 Å². The summed E-state index contributed by atoms with van der Waals surface area (Å²) in [7, 11) is 0. The number of nitrogens with one attached hydrogen (secondary N) is 2. The predicted molar refractivity (Wildman–Crippen MR) is 89.3 cm³/mol. The van der Waals surface area contributed by atoms with Crippen LogP contribution >= 0.6 is 0 Å². The quantitative estimate of drug-likeness (QED) is 0.687. The normalized spacial score (nSPS) is 10.2. The average Bonchev–Trinajstić information content (AvgIpc) is 2.58. The largest absolute Gasteiger partial charge is 0.492 e. The zero-order valence-corrected chi connectivity index (χ0v) is 13.2. The molecule has 5 heteroatoms. The molecule has 0 bridgehead atoms. The summed E-state index contributed by atoms with van der Waals surface area (Å²) in [6.45, 7) is 3.18. The van der Waals surface area contributed by atoms with Crippen LogP contribution in [0.3, 0.4) is 0 Å². The molecular formula is C18H22N2O3. The third-order valence-electron chi connectivity index (χ3n) is 3.41. The maximum Gasteiger partial charge on any atom is 0.315 e. The lowest BCUT2D eigenvalue weighted by Crippen LogP contribution is -2.37. The van der Waals surface area contributed by atoms with Crippen LogP contribution < -0.4 is 15.4 Å². The minimum Gasteiger partial charge on any atom is -0.492 e. The van der Waals surface area contributed by atoms with Crippen molar-refractivity contribution in [1.29, 1.82) is 0 Å². The molecule has 0 saturated carbocycles. The van der Waals surface area contributed by atoms with Gasteiger partial charge in [-0.25, -0.2) is 4.79 Å². The summed E-state index contributed by atoms with van der Waals surface area (Å²) >= 11 is 0. The van der Waals surface area contributed by atoms with Gasteiger partial charge in [0.15, 0.2) is 0 Å². The van der Waals surface area contributed by atoms with Gasteiger partial charge in [0, 0.05) is 6.54 Å². The SMILES string of the molecule is Cc1ccc(OCCNC(=O)NCc2ccccc2CO)cc1. The second-order valence-corrected chi connectivity index (χ2v) is 5.20. The smallest absolute Gasteiger partial charge is 0.315 e. The van der Waals surface area contributed by atoms with Crippen molar-refractivity contribution < 1.29 is 14.6 Å². The number of rotatable bonds is 7. The van der Waals surface area contributed by atoms with Gasteiger partial charge in [-0.15, -0.1) is 0 Å². The van der Waals surface area contributed by atoms with Gasteiger partial charge in [0.1, 0.15) is 12.4 Å². The van der Waals surface area contributed by atoms with Gasteiger partial charge in [-0.1, -0.05) is 42.0 Å². The van der Waals surface area contributed by atoms with Crippen molar-refractivity contribution in [3.63, 3.8) is 0 Å². The van der Waals surface area contributed by atoms with Crippen molar-refractivity contribution >= 4 is 6.03 Å². The Hall–Kier alpha value is -2.53. The van der Waals surface area contributed by atoms with Crippen molar-refractivity contribution in [2.45, 2.75) is 20.1 Å². The Labute approximate surface area is 136 Å². The number of aryl methyl sites for hydroxylation is 1. The number of benzene rings is 2. The highest BCUT2D eigenvalue weighted by Crippen LogP contribution is 2.10. The summed E-state index contributed by atoms with van der Waals surface area (Å²) < 4.78 is 5.54. The molecule has 0 fully saturated rings. The van der Waals surface area contributed by atoms with Crippen molar-refractivity contribution in [3.05, 3.63) is 65.2 Å². The van der Waals surface area contributed by atoms with Gasteiger partial charge in [-0.2, -0.15) is 0 Å². The van der Waals surface area contributed by atoms with E-state index in [0.717, 1.165) is 16.9 Å². The van der Waals surface area contributed by atoms with Crippen LogP contribution in [-0.4, -0.2) is 24.3 Å². The van der Waals surface area contributed by atoms with E-state index < -0.39 is 0 Å². The van der Waals surface area contributed by atoms with Gasteiger partial charge in [0.05, 0.1) is 13.2 Å². The molecule has 0 unspecified atom stereocenters. The van der Waals surface area contributed by atoms with E-state index in [1.165, 1.54) is 5.56 Å². The van der Waals surface area contributed by atoms with Crippen LogP contribution in [0.2, 0.25) is 0 Å². The molecule has 0 aliphatic heterocycles. The van der Waals surface area contributed by atoms with E-state index in [0.29, 0.717) is 19.7 Å². The fraction of sp³-hybridized carbons (Fsp3) is 0.278. The first-order chi connectivity index (χ1) is 11.2. The molecule has 0 saturated heterocycles. The molecule has 122 valence electrons. The molecule has 0 aliphatic carbocycles. The fourth-order valence-electron chi connectivity index (χ4n) is 2.09. The fourth-order valence-corrected chi connectivity index (χ4v) is 2.09. The van der Waals surface area contributed by atoms with Gasteiger partial charge in [-0.05, 0) is 30.2 Å². The standard InChI is InChI=1S/C18H22N2O3/c1-14-6-8-17(9-7-14)23-11-10-19-18(22)20-12-15-4-2-3-5-16(15)13-21/h2-9,21H,10-13H2,1H3,(H2,19,20,22). The molecule has 5 nitrogen and oxygen atoms in total. The van der Waals surface area contributed by atoms with Crippen molar-refractivity contribution in [1.82, 2.24) is 10.6 Å². The Morgan fingerprint density at radius 3 is 2.43 bits per heavy atom. The van der Waals surface area contributed by atoms with Gasteiger partial charge >= 0.3 is 6.03 Å². The highest BCUT2D eigenvalue weighted by Gasteiger charge is 2.03. The van der Waals surface area contributed by atoms with E-state index in [2.05, 4.69) is 10.6 Å². The number of urea groups is 1. The van der Waals surface area contributed by atoms with Crippen LogP contribution in [0.5, 0.6) is 5.75 Å². The lowest BCUT2D eigenvalue weighted by molar-refractivity contribution is 0.236. The van der Waals surface area contributed by atoms with Crippen LogP contribution in [0, 0.1) is 6.92 Å². The Morgan fingerprint density at radius 2 is 1.74 bits per heavy atom. The molecule has 23 heavy (non-hydrogen) atoms. The highest BCUT2D eigenvalue weighted by atomic mass is 16.5. The second-order valence-electron chi connectivity index (χ2n) is 5.20. The molecule has 0 atom stereocenters. The molecule has 3 N–H and O–H groups in total. The first kappa shape index (κ1) is 16.8. The molecule has 2 aromatic rings. The van der Waals surface area contributed by atoms with Crippen LogP contribution in [-0.2, 0) is 13.2 Å². The third-order valence-corrected chi connectivity index (χ3v) is 3.41. The number of carbonyl (C=O) groups is 1. The first-order valence-corrected chi connectivity index (χ1v) is 7.58. The zero-order valence-electron chi connectivity index (χ0n) is 13.2. The molecule has 2 aromatic carbocycles. The number of hydrogen-bond donors (Lipinski definition) is 3. The van der Waals surface area contributed by atoms with Crippen LogP contribution in [0.25, 0.3) is 0 Å². The summed E-state index contributed by atoms with van der Waals surface area (Å²) in [5, 5.41) is 14.7. The number of amides is 2. The van der Waals surface area contributed by atoms with Gasteiger partial charge in [0.25, 0.3) is 0 Å². The summed E-state index contributed by atoms with van der Waals surface area (Å²) in [6.07, 6.45) is 0. The van der Waals surface area contributed by atoms with Crippen molar-refractivity contribution in [2.75, 3.05) is 13.2 Å². The van der Waals surface area contributed by atoms with Crippen LogP contribution in [0.4, 0.5) is 4.79 Å². The van der Waals surface area contributed by atoms with Crippen LogP contribution in [0.1, 0.15) is 16.7 Å². The second kappa shape index (κ2) is 8.80. The van der Waals surface area contributed by atoms with Crippen molar-refractivity contribution in [2.24, 2.45) is 0 Å². The number of aliphatic hydroxyl groups is 1. The number of aliphatic hydroxyl groups excluding tert-OH is 1. The van der Waals surface area contributed by atoms with E-state index in [1.807, 2.05) is 55.5 Å².